The lowest BCUT2D eigenvalue weighted by molar-refractivity contribution is 0.0988. The van der Waals surface area contributed by atoms with Crippen molar-refractivity contribution in [1.29, 1.82) is 0 Å². The Hall–Kier alpha value is -1.81. The van der Waals surface area contributed by atoms with Crippen LogP contribution in [0.1, 0.15) is 18.9 Å². The molecule has 1 aromatic carbocycles. The number of alkyl carbamates (subject to hydrolysis) is 1. The Bertz CT molecular complexity index is 387. The molecule has 0 radical (unpaired) electrons. The van der Waals surface area contributed by atoms with Crippen LogP contribution in [0.4, 0.5) is 4.79 Å². The number of carbonyl (C=O) groups is 1. The van der Waals surface area contributed by atoms with E-state index in [1.54, 1.807) is 6.92 Å². The van der Waals surface area contributed by atoms with Crippen LogP contribution in [-0.4, -0.2) is 23.3 Å². The molecule has 1 aromatic rings. The molecule has 0 saturated heterocycles. The number of carbonyl (C=O) groups excluding carboxylic acids is 1. The predicted molar refractivity (Wildman–Crippen MR) is 70.1 cm³/mol. The molecule has 0 aliphatic carbocycles. The van der Waals surface area contributed by atoms with E-state index < -0.39 is 11.7 Å². The van der Waals surface area contributed by atoms with Crippen molar-refractivity contribution < 1.29 is 14.6 Å². The van der Waals surface area contributed by atoms with Crippen LogP contribution in [0.15, 0.2) is 43.0 Å². The average molecular weight is 249 g/mol. The third-order valence-corrected chi connectivity index (χ3v) is 2.55. The fourth-order valence-corrected chi connectivity index (χ4v) is 1.29. The molecule has 0 aliphatic rings. The summed E-state index contributed by atoms with van der Waals surface area (Å²) in [7, 11) is 0. The number of ether oxygens (including phenoxy) is 1. The predicted octanol–water partition coefficient (Wildman–Crippen LogP) is 2.24. The van der Waals surface area contributed by atoms with E-state index in [4.69, 9.17) is 4.74 Å². The van der Waals surface area contributed by atoms with Gasteiger partial charge in [-0.15, -0.1) is 6.58 Å². The van der Waals surface area contributed by atoms with Gasteiger partial charge in [-0.2, -0.15) is 0 Å². The largest absolute Gasteiger partial charge is 0.445 e. The third kappa shape index (κ3) is 5.50. The van der Waals surface area contributed by atoms with Crippen molar-refractivity contribution in [3.63, 3.8) is 0 Å². The van der Waals surface area contributed by atoms with Crippen LogP contribution in [0.25, 0.3) is 0 Å². The molecular formula is C14H19NO3. The van der Waals surface area contributed by atoms with Gasteiger partial charge in [0.25, 0.3) is 0 Å². The standard InChI is InChI=1S/C14H19NO3/c1-3-14(2,17)9-10-15-13(16)18-11-12-7-5-4-6-8-12/h3-8,17H,1,9-11H2,2H3,(H,15,16). The molecule has 0 bridgehead atoms. The number of aliphatic hydroxyl groups is 1. The molecule has 98 valence electrons. The van der Waals surface area contributed by atoms with Crippen molar-refractivity contribution in [3.8, 4) is 0 Å². The first-order valence-corrected chi connectivity index (χ1v) is 5.84. The van der Waals surface area contributed by atoms with Crippen LogP contribution in [-0.2, 0) is 11.3 Å². The van der Waals surface area contributed by atoms with E-state index >= 15 is 0 Å². The fourth-order valence-electron chi connectivity index (χ4n) is 1.29. The van der Waals surface area contributed by atoms with Gasteiger partial charge in [-0.25, -0.2) is 4.79 Å². The first-order valence-electron chi connectivity index (χ1n) is 5.84. The minimum atomic E-state index is -0.966. The van der Waals surface area contributed by atoms with E-state index in [1.807, 2.05) is 30.3 Å². The molecule has 4 heteroatoms. The second-order valence-electron chi connectivity index (χ2n) is 4.30. The number of hydrogen-bond donors (Lipinski definition) is 2. The van der Waals surface area contributed by atoms with Crippen LogP contribution in [0.3, 0.4) is 0 Å². The van der Waals surface area contributed by atoms with E-state index in [2.05, 4.69) is 11.9 Å². The van der Waals surface area contributed by atoms with Crippen molar-refractivity contribution in [2.75, 3.05) is 6.54 Å². The van der Waals surface area contributed by atoms with Crippen LogP contribution < -0.4 is 5.32 Å². The van der Waals surface area contributed by atoms with Gasteiger partial charge in [0.15, 0.2) is 0 Å². The fraction of sp³-hybridized carbons (Fsp3) is 0.357. The molecule has 0 fully saturated rings. The van der Waals surface area contributed by atoms with Crippen LogP contribution >= 0.6 is 0 Å². The SMILES string of the molecule is C=CC(C)(O)CCNC(=O)OCc1ccccc1. The van der Waals surface area contributed by atoms with Gasteiger partial charge >= 0.3 is 6.09 Å². The monoisotopic (exact) mass is 249 g/mol. The molecule has 1 unspecified atom stereocenters. The van der Waals surface area contributed by atoms with Gasteiger partial charge in [-0.1, -0.05) is 36.4 Å². The summed E-state index contributed by atoms with van der Waals surface area (Å²) < 4.78 is 5.02. The molecule has 0 aliphatic heterocycles. The minimum absolute atomic E-state index is 0.241. The lowest BCUT2D eigenvalue weighted by Gasteiger charge is -2.18. The second-order valence-corrected chi connectivity index (χ2v) is 4.30. The molecule has 0 saturated carbocycles. The van der Waals surface area contributed by atoms with Crippen molar-refractivity contribution >= 4 is 6.09 Å². The molecule has 18 heavy (non-hydrogen) atoms. The zero-order chi connectivity index (χ0) is 13.4. The molecular weight excluding hydrogens is 230 g/mol. The van der Waals surface area contributed by atoms with Crippen molar-refractivity contribution in [1.82, 2.24) is 5.32 Å². The summed E-state index contributed by atoms with van der Waals surface area (Å²) in [5, 5.41) is 12.2. The van der Waals surface area contributed by atoms with E-state index in [1.165, 1.54) is 6.08 Å². The number of rotatable bonds is 6. The number of nitrogens with one attached hydrogen (secondary N) is 1. The highest BCUT2D eigenvalue weighted by atomic mass is 16.5. The highest BCUT2D eigenvalue weighted by Gasteiger charge is 2.15. The van der Waals surface area contributed by atoms with Crippen LogP contribution in [0.5, 0.6) is 0 Å². The summed E-state index contributed by atoms with van der Waals surface area (Å²) in [5.41, 5.74) is -0.0297. The van der Waals surface area contributed by atoms with Crippen molar-refractivity contribution in [2.45, 2.75) is 25.6 Å². The Kier molecular flexibility index (Phi) is 5.39. The zero-order valence-corrected chi connectivity index (χ0v) is 10.6. The molecule has 2 N–H and O–H groups in total. The molecule has 0 spiro atoms. The Morgan fingerprint density at radius 2 is 2.17 bits per heavy atom. The summed E-state index contributed by atoms with van der Waals surface area (Å²) in [4.78, 5) is 11.3. The third-order valence-electron chi connectivity index (χ3n) is 2.55. The number of hydrogen-bond acceptors (Lipinski definition) is 3. The van der Waals surface area contributed by atoms with Gasteiger partial charge in [0.1, 0.15) is 6.61 Å². The van der Waals surface area contributed by atoms with Crippen molar-refractivity contribution in [3.05, 3.63) is 48.6 Å². The zero-order valence-electron chi connectivity index (χ0n) is 10.6. The van der Waals surface area contributed by atoms with Crippen molar-refractivity contribution in [2.24, 2.45) is 0 Å². The van der Waals surface area contributed by atoms with Gasteiger partial charge in [0.05, 0.1) is 5.60 Å². The molecule has 1 rings (SSSR count). The van der Waals surface area contributed by atoms with E-state index in [-0.39, 0.29) is 6.61 Å². The summed E-state index contributed by atoms with van der Waals surface area (Å²) in [6.45, 7) is 5.73. The quantitative estimate of drug-likeness (QED) is 0.760. The average Bonchev–Trinajstić information content (AvgIpc) is 2.37. The Labute approximate surface area is 107 Å². The number of benzene rings is 1. The highest BCUT2D eigenvalue weighted by Crippen LogP contribution is 2.08. The van der Waals surface area contributed by atoms with Gasteiger partial charge in [0.2, 0.25) is 0 Å². The van der Waals surface area contributed by atoms with Gasteiger partial charge in [-0.3, -0.25) is 0 Å². The van der Waals surface area contributed by atoms with E-state index in [0.717, 1.165) is 5.56 Å². The highest BCUT2D eigenvalue weighted by molar-refractivity contribution is 5.67. The topological polar surface area (TPSA) is 58.6 Å². The maximum atomic E-state index is 11.3. The van der Waals surface area contributed by atoms with Gasteiger partial charge < -0.3 is 15.2 Å². The van der Waals surface area contributed by atoms with E-state index in [9.17, 15) is 9.90 Å². The Morgan fingerprint density at radius 1 is 1.50 bits per heavy atom. The maximum Gasteiger partial charge on any atom is 0.407 e. The molecule has 1 atom stereocenters. The maximum absolute atomic E-state index is 11.3. The first-order chi connectivity index (χ1) is 8.53. The first kappa shape index (κ1) is 14.3. The minimum Gasteiger partial charge on any atom is -0.445 e. The van der Waals surface area contributed by atoms with Crippen LogP contribution in [0, 0.1) is 0 Å². The summed E-state index contributed by atoms with van der Waals surface area (Å²) in [6, 6.07) is 9.45. The number of amides is 1. The second kappa shape index (κ2) is 6.81. The summed E-state index contributed by atoms with van der Waals surface area (Å²) in [6.07, 6.45) is 1.36. The molecule has 4 nitrogen and oxygen atoms in total. The lowest BCUT2D eigenvalue weighted by atomic mass is 10.0. The lowest BCUT2D eigenvalue weighted by Crippen LogP contribution is -2.31. The van der Waals surface area contributed by atoms with E-state index in [0.29, 0.717) is 13.0 Å². The molecule has 0 heterocycles. The Morgan fingerprint density at radius 3 is 2.78 bits per heavy atom. The van der Waals surface area contributed by atoms with Gasteiger partial charge in [0, 0.05) is 6.54 Å². The van der Waals surface area contributed by atoms with Crippen LogP contribution in [0.2, 0.25) is 0 Å². The van der Waals surface area contributed by atoms with Gasteiger partial charge in [-0.05, 0) is 18.9 Å². The molecule has 1 amide bonds. The molecule has 0 aromatic heterocycles. The Balaban J connectivity index is 2.21. The summed E-state index contributed by atoms with van der Waals surface area (Å²) in [5.74, 6) is 0. The normalized spacial score (nSPS) is 13.4. The summed E-state index contributed by atoms with van der Waals surface area (Å²) >= 11 is 0. The smallest absolute Gasteiger partial charge is 0.407 e.